The summed E-state index contributed by atoms with van der Waals surface area (Å²) in [5.41, 5.74) is -1.34. The monoisotopic (exact) mass is 284 g/mol. The molecular formula is C16H32N2O2. The van der Waals surface area contributed by atoms with E-state index in [4.69, 9.17) is 0 Å². The van der Waals surface area contributed by atoms with Gasteiger partial charge in [-0.1, -0.05) is 27.7 Å². The Hall–Kier alpha value is -0.610. The second-order valence-corrected chi connectivity index (χ2v) is 7.04. The molecule has 1 N–H and O–H groups in total. The van der Waals surface area contributed by atoms with E-state index in [1.807, 2.05) is 18.7 Å². The van der Waals surface area contributed by atoms with Crippen molar-refractivity contribution in [1.29, 1.82) is 0 Å². The summed E-state index contributed by atoms with van der Waals surface area (Å²) in [6.45, 7) is 15.0. The van der Waals surface area contributed by atoms with Crippen molar-refractivity contribution in [2.24, 2.45) is 0 Å². The van der Waals surface area contributed by atoms with Gasteiger partial charge in [-0.25, -0.2) is 0 Å². The summed E-state index contributed by atoms with van der Waals surface area (Å²) in [4.78, 5) is 15.0. The van der Waals surface area contributed by atoms with E-state index in [-0.39, 0.29) is 17.0 Å². The van der Waals surface area contributed by atoms with Crippen molar-refractivity contribution >= 4 is 5.91 Å². The Morgan fingerprint density at radius 2 is 1.50 bits per heavy atom. The van der Waals surface area contributed by atoms with Crippen LogP contribution in [0, 0.1) is 0 Å². The number of amides is 1. The lowest BCUT2D eigenvalue weighted by Crippen LogP contribution is -2.75. The zero-order chi connectivity index (χ0) is 15.8. The van der Waals surface area contributed by atoms with Gasteiger partial charge in [-0.2, -0.15) is 5.06 Å². The summed E-state index contributed by atoms with van der Waals surface area (Å²) in [6.07, 6.45) is 2.93. The van der Waals surface area contributed by atoms with Crippen LogP contribution in [0.3, 0.4) is 0 Å². The second kappa shape index (κ2) is 5.64. The molecule has 0 bridgehead atoms. The SMILES string of the molecule is CCC1(CC)CN(C(C)(C)C)C(=O)C(CC)(CC)N1O. The molecule has 1 aliphatic rings. The molecule has 1 heterocycles. The third kappa shape index (κ3) is 2.37. The molecule has 1 fully saturated rings. The maximum absolute atomic E-state index is 13.0. The van der Waals surface area contributed by atoms with E-state index in [0.29, 0.717) is 19.4 Å². The molecule has 0 aromatic carbocycles. The Labute approximate surface area is 124 Å². The molecule has 20 heavy (non-hydrogen) atoms. The highest BCUT2D eigenvalue weighted by molar-refractivity contribution is 5.88. The van der Waals surface area contributed by atoms with Crippen LogP contribution in [-0.4, -0.2) is 44.2 Å². The molecule has 118 valence electrons. The van der Waals surface area contributed by atoms with Gasteiger partial charge in [0.05, 0.1) is 5.54 Å². The van der Waals surface area contributed by atoms with E-state index >= 15 is 0 Å². The minimum atomic E-state index is -0.780. The van der Waals surface area contributed by atoms with Crippen molar-refractivity contribution in [3.8, 4) is 0 Å². The molecule has 0 aromatic rings. The first-order valence-corrected chi connectivity index (χ1v) is 7.96. The number of carbonyl (C=O) groups excluding carboxylic acids is 1. The van der Waals surface area contributed by atoms with E-state index in [1.165, 1.54) is 5.06 Å². The Morgan fingerprint density at radius 3 is 1.80 bits per heavy atom. The topological polar surface area (TPSA) is 43.8 Å². The van der Waals surface area contributed by atoms with Gasteiger partial charge in [0, 0.05) is 12.1 Å². The van der Waals surface area contributed by atoms with Crippen LogP contribution < -0.4 is 0 Å². The van der Waals surface area contributed by atoms with Gasteiger partial charge in [0.2, 0.25) is 5.91 Å². The number of piperazine rings is 1. The quantitative estimate of drug-likeness (QED) is 0.860. The Kier molecular flexibility index (Phi) is 4.92. The number of rotatable bonds is 4. The molecular weight excluding hydrogens is 252 g/mol. The van der Waals surface area contributed by atoms with E-state index in [2.05, 4.69) is 34.6 Å². The van der Waals surface area contributed by atoms with Crippen molar-refractivity contribution in [3.05, 3.63) is 0 Å². The number of hydrogen-bond acceptors (Lipinski definition) is 3. The predicted octanol–water partition coefficient (Wildman–Crippen LogP) is 3.44. The lowest BCUT2D eigenvalue weighted by Gasteiger charge is -2.59. The van der Waals surface area contributed by atoms with E-state index in [0.717, 1.165) is 12.8 Å². The van der Waals surface area contributed by atoms with Crippen LogP contribution in [0.5, 0.6) is 0 Å². The molecule has 1 rings (SSSR count). The lowest BCUT2D eigenvalue weighted by molar-refractivity contribution is -0.272. The van der Waals surface area contributed by atoms with E-state index in [9.17, 15) is 10.0 Å². The van der Waals surface area contributed by atoms with Gasteiger partial charge >= 0.3 is 0 Å². The number of hydrogen-bond donors (Lipinski definition) is 1. The number of carbonyl (C=O) groups is 1. The average molecular weight is 284 g/mol. The summed E-state index contributed by atoms with van der Waals surface area (Å²) in [7, 11) is 0. The second-order valence-electron chi connectivity index (χ2n) is 7.04. The van der Waals surface area contributed by atoms with Crippen molar-refractivity contribution < 1.29 is 10.0 Å². The summed E-state index contributed by atoms with van der Waals surface area (Å²) in [5.74, 6) is 0.0648. The molecule has 1 saturated heterocycles. The number of nitrogens with zero attached hydrogens (tertiary/aromatic N) is 2. The predicted molar refractivity (Wildman–Crippen MR) is 81.7 cm³/mol. The van der Waals surface area contributed by atoms with Crippen LogP contribution in [0.4, 0.5) is 0 Å². The molecule has 0 unspecified atom stereocenters. The van der Waals surface area contributed by atoms with Gasteiger partial charge < -0.3 is 10.1 Å². The Morgan fingerprint density at radius 1 is 1.05 bits per heavy atom. The van der Waals surface area contributed by atoms with Crippen LogP contribution >= 0.6 is 0 Å². The largest absolute Gasteiger partial charge is 0.334 e. The smallest absolute Gasteiger partial charge is 0.245 e. The minimum absolute atomic E-state index is 0.0648. The van der Waals surface area contributed by atoms with Gasteiger partial charge in [0.25, 0.3) is 0 Å². The summed E-state index contributed by atoms with van der Waals surface area (Å²) in [6, 6.07) is 0. The summed E-state index contributed by atoms with van der Waals surface area (Å²) >= 11 is 0. The van der Waals surface area contributed by atoms with Crippen LogP contribution in [0.15, 0.2) is 0 Å². The van der Waals surface area contributed by atoms with Crippen LogP contribution in [0.25, 0.3) is 0 Å². The minimum Gasteiger partial charge on any atom is -0.334 e. The lowest BCUT2D eigenvalue weighted by atomic mass is 9.77. The maximum Gasteiger partial charge on any atom is 0.245 e. The van der Waals surface area contributed by atoms with Crippen molar-refractivity contribution in [3.63, 3.8) is 0 Å². The highest BCUT2D eigenvalue weighted by Gasteiger charge is 2.57. The van der Waals surface area contributed by atoms with Crippen LogP contribution in [0.1, 0.15) is 74.1 Å². The van der Waals surface area contributed by atoms with Gasteiger partial charge in [-0.05, 0) is 46.5 Å². The van der Waals surface area contributed by atoms with Crippen molar-refractivity contribution in [2.45, 2.75) is 90.8 Å². The van der Waals surface area contributed by atoms with E-state index < -0.39 is 5.54 Å². The first-order valence-electron chi connectivity index (χ1n) is 7.96. The third-order valence-electron chi connectivity index (χ3n) is 5.25. The van der Waals surface area contributed by atoms with Gasteiger partial charge in [-0.3, -0.25) is 4.79 Å². The zero-order valence-electron chi connectivity index (χ0n) is 14.3. The molecule has 0 spiro atoms. The fourth-order valence-electron chi connectivity index (χ4n) is 3.40. The fraction of sp³-hybridized carbons (Fsp3) is 0.938. The number of hydroxylamine groups is 2. The molecule has 0 radical (unpaired) electrons. The standard InChI is InChI=1S/C16H32N2O2/c1-8-15(9-2)12-17(14(5,6)7)13(19)16(10-3,11-4)18(15)20/h20H,8-12H2,1-7H3. The molecule has 1 amide bonds. The van der Waals surface area contributed by atoms with Crippen LogP contribution in [-0.2, 0) is 4.79 Å². The first-order chi connectivity index (χ1) is 9.15. The molecule has 4 nitrogen and oxygen atoms in total. The molecule has 0 aliphatic carbocycles. The fourth-order valence-corrected chi connectivity index (χ4v) is 3.40. The summed E-state index contributed by atoms with van der Waals surface area (Å²) in [5, 5.41) is 12.3. The molecule has 1 aliphatic heterocycles. The van der Waals surface area contributed by atoms with Gasteiger partial charge in [-0.15, -0.1) is 0 Å². The van der Waals surface area contributed by atoms with Gasteiger partial charge in [0.15, 0.2) is 0 Å². The van der Waals surface area contributed by atoms with Crippen molar-refractivity contribution in [1.82, 2.24) is 9.96 Å². The normalized spacial score (nSPS) is 23.2. The molecule has 0 saturated carbocycles. The highest BCUT2D eigenvalue weighted by Crippen LogP contribution is 2.42. The first kappa shape index (κ1) is 17.4. The Bertz CT molecular complexity index is 352. The maximum atomic E-state index is 13.0. The van der Waals surface area contributed by atoms with Crippen molar-refractivity contribution in [2.75, 3.05) is 6.54 Å². The highest BCUT2D eigenvalue weighted by atomic mass is 16.5. The Balaban J connectivity index is 3.41. The van der Waals surface area contributed by atoms with E-state index in [1.54, 1.807) is 0 Å². The van der Waals surface area contributed by atoms with Gasteiger partial charge in [0.1, 0.15) is 5.54 Å². The molecule has 0 atom stereocenters. The molecule has 0 aromatic heterocycles. The third-order valence-corrected chi connectivity index (χ3v) is 5.25. The summed E-state index contributed by atoms with van der Waals surface area (Å²) < 4.78 is 0. The molecule has 4 heteroatoms. The van der Waals surface area contributed by atoms with Crippen LogP contribution in [0.2, 0.25) is 0 Å². The average Bonchev–Trinajstić information content (AvgIpc) is 2.40. The zero-order valence-corrected chi connectivity index (χ0v) is 14.3.